The molecule has 1 saturated heterocycles. The molecule has 0 aliphatic carbocycles. The summed E-state index contributed by atoms with van der Waals surface area (Å²) in [4.78, 5) is 4.68. The Balaban J connectivity index is 1.89. The van der Waals surface area contributed by atoms with Crippen molar-refractivity contribution in [3.8, 4) is 6.07 Å². The van der Waals surface area contributed by atoms with E-state index in [2.05, 4.69) is 15.9 Å². The maximum Gasteiger partial charge on any atom is 0.0785 e. The molecule has 0 bridgehead atoms. The number of para-hydroxylation sites is 1. The van der Waals surface area contributed by atoms with Gasteiger partial charge < -0.3 is 16.4 Å². The zero-order valence-corrected chi connectivity index (χ0v) is 11.2. The van der Waals surface area contributed by atoms with E-state index in [1.54, 1.807) is 0 Å². The molecular weight excluding hydrogens is 238 g/mol. The molecule has 0 aromatic heterocycles. The Morgan fingerprint density at radius 2 is 1.89 bits per heavy atom. The van der Waals surface area contributed by atoms with Crippen LogP contribution in [0.15, 0.2) is 18.2 Å². The van der Waals surface area contributed by atoms with Crippen LogP contribution in [-0.4, -0.2) is 37.6 Å². The average Bonchev–Trinajstić information content (AvgIpc) is 2.43. The summed E-state index contributed by atoms with van der Waals surface area (Å²) in [7, 11) is 0. The summed E-state index contributed by atoms with van der Waals surface area (Å²) in [5.41, 5.74) is 14.2. The van der Waals surface area contributed by atoms with Gasteiger partial charge in [0.2, 0.25) is 0 Å². The molecule has 0 radical (unpaired) electrons. The summed E-state index contributed by atoms with van der Waals surface area (Å²) in [5, 5.41) is 8.54. The summed E-state index contributed by atoms with van der Waals surface area (Å²) in [5.74, 6) is 0. The minimum atomic E-state index is 0.641. The molecule has 0 amide bonds. The second-order valence-electron chi connectivity index (χ2n) is 4.87. The first-order chi connectivity index (χ1) is 9.22. The lowest BCUT2D eigenvalue weighted by Crippen LogP contribution is -2.46. The van der Waals surface area contributed by atoms with Crippen LogP contribution in [0.4, 0.5) is 17.1 Å². The topological polar surface area (TPSA) is 82.3 Å². The molecule has 1 aliphatic heterocycles. The first-order valence-electron chi connectivity index (χ1n) is 6.70. The van der Waals surface area contributed by atoms with E-state index in [0.717, 1.165) is 44.8 Å². The predicted molar refractivity (Wildman–Crippen MR) is 78.8 cm³/mol. The van der Waals surface area contributed by atoms with Gasteiger partial charge >= 0.3 is 0 Å². The molecule has 1 aliphatic rings. The molecule has 1 aromatic rings. The minimum Gasteiger partial charge on any atom is -0.397 e. The largest absolute Gasteiger partial charge is 0.397 e. The van der Waals surface area contributed by atoms with Crippen LogP contribution in [0.25, 0.3) is 0 Å². The van der Waals surface area contributed by atoms with Gasteiger partial charge in [-0.05, 0) is 25.1 Å². The molecule has 5 nitrogen and oxygen atoms in total. The Bertz CT molecular complexity index is 457. The maximum absolute atomic E-state index is 8.54. The molecule has 2 rings (SSSR count). The van der Waals surface area contributed by atoms with E-state index < -0.39 is 0 Å². The van der Waals surface area contributed by atoms with Crippen molar-refractivity contribution in [1.29, 1.82) is 5.26 Å². The number of nitriles is 1. The number of nitrogen functional groups attached to an aromatic ring is 2. The molecule has 0 spiro atoms. The summed E-state index contributed by atoms with van der Waals surface area (Å²) in [6.45, 7) is 4.95. The fourth-order valence-electron chi connectivity index (χ4n) is 2.44. The maximum atomic E-state index is 8.54. The smallest absolute Gasteiger partial charge is 0.0785 e. The molecule has 4 N–H and O–H groups in total. The van der Waals surface area contributed by atoms with Crippen LogP contribution in [0.5, 0.6) is 0 Å². The van der Waals surface area contributed by atoms with E-state index in [1.165, 1.54) is 0 Å². The lowest BCUT2D eigenvalue weighted by atomic mass is 10.2. The lowest BCUT2D eigenvalue weighted by molar-refractivity contribution is 0.256. The highest BCUT2D eigenvalue weighted by molar-refractivity contribution is 5.79. The van der Waals surface area contributed by atoms with E-state index in [0.29, 0.717) is 17.8 Å². The highest BCUT2D eigenvalue weighted by Gasteiger charge is 2.18. The Kier molecular flexibility index (Phi) is 4.48. The Hall–Kier alpha value is -1.93. The van der Waals surface area contributed by atoms with Crippen molar-refractivity contribution < 1.29 is 0 Å². The molecule has 1 heterocycles. The third kappa shape index (κ3) is 3.30. The number of hydrogen-bond donors (Lipinski definition) is 2. The monoisotopic (exact) mass is 259 g/mol. The molecule has 1 aromatic carbocycles. The molecule has 0 saturated carbocycles. The predicted octanol–water partition coefficient (Wildman–Crippen LogP) is 1.28. The quantitative estimate of drug-likeness (QED) is 0.628. The van der Waals surface area contributed by atoms with Crippen LogP contribution in [-0.2, 0) is 0 Å². The first-order valence-corrected chi connectivity index (χ1v) is 6.70. The minimum absolute atomic E-state index is 0.641. The van der Waals surface area contributed by atoms with Crippen molar-refractivity contribution in [3.63, 3.8) is 0 Å². The summed E-state index contributed by atoms with van der Waals surface area (Å²) >= 11 is 0. The van der Waals surface area contributed by atoms with Gasteiger partial charge in [-0.3, -0.25) is 4.90 Å². The van der Waals surface area contributed by atoms with Crippen LogP contribution in [0.2, 0.25) is 0 Å². The van der Waals surface area contributed by atoms with Gasteiger partial charge in [0.15, 0.2) is 0 Å². The Morgan fingerprint density at radius 1 is 1.16 bits per heavy atom. The normalized spacial score (nSPS) is 16.3. The Morgan fingerprint density at radius 3 is 2.58 bits per heavy atom. The van der Waals surface area contributed by atoms with Crippen LogP contribution in [0, 0.1) is 11.3 Å². The van der Waals surface area contributed by atoms with Crippen LogP contribution < -0.4 is 16.4 Å². The molecule has 0 atom stereocenters. The number of hydrogen-bond acceptors (Lipinski definition) is 5. The number of benzene rings is 1. The van der Waals surface area contributed by atoms with Gasteiger partial charge in [0, 0.05) is 32.6 Å². The fourth-order valence-corrected chi connectivity index (χ4v) is 2.44. The standard InChI is InChI=1S/C14H21N5/c15-6-1-2-7-18-8-10-19(11-9-18)13-5-3-4-12(16)14(13)17/h3-5H,1-2,7-11,16-17H2. The number of anilines is 3. The highest BCUT2D eigenvalue weighted by atomic mass is 15.3. The van der Waals surface area contributed by atoms with Gasteiger partial charge in [-0.25, -0.2) is 0 Å². The van der Waals surface area contributed by atoms with Gasteiger partial charge in [-0.2, -0.15) is 5.26 Å². The van der Waals surface area contributed by atoms with Crippen molar-refractivity contribution >= 4 is 17.1 Å². The third-order valence-electron chi connectivity index (χ3n) is 3.59. The van der Waals surface area contributed by atoms with Gasteiger partial charge in [0.05, 0.1) is 23.1 Å². The third-order valence-corrected chi connectivity index (χ3v) is 3.59. The fraction of sp³-hybridized carbons (Fsp3) is 0.500. The Labute approximate surface area is 114 Å². The highest BCUT2D eigenvalue weighted by Crippen LogP contribution is 2.28. The molecule has 19 heavy (non-hydrogen) atoms. The SMILES string of the molecule is N#CCCCN1CCN(c2cccc(N)c2N)CC1. The van der Waals surface area contributed by atoms with E-state index in [1.807, 2.05) is 18.2 Å². The van der Waals surface area contributed by atoms with Gasteiger partial charge in [-0.15, -0.1) is 0 Å². The molecule has 102 valence electrons. The second kappa shape index (κ2) is 6.30. The lowest BCUT2D eigenvalue weighted by Gasteiger charge is -2.36. The number of rotatable bonds is 4. The average molecular weight is 259 g/mol. The van der Waals surface area contributed by atoms with Crippen molar-refractivity contribution in [3.05, 3.63) is 18.2 Å². The number of unbranched alkanes of at least 4 members (excludes halogenated alkanes) is 1. The van der Waals surface area contributed by atoms with Crippen molar-refractivity contribution in [1.82, 2.24) is 4.90 Å². The second-order valence-corrected chi connectivity index (χ2v) is 4.87. The van der Waals surface area contributed by atoms with E-state index in [4.69, 9.17) is 16.7 Å². The molecule has 0 unspecified atom stereocenters. The first kappa shape index (κ1) is 13.5. The number of nitrogens with zero attached hydrogens (tertiary/aromatic N) is 3. The van der Waals surface area contributed by atoms with Gasteiger partial charge in [0.25, 0.3) is 0 Å². The zero-order valence-electron chi connectivity index (χ0n) is 11.2. The van der Waals surface area contributed by atoms with Crippen molar-refractivity contribution in [2.45, 2.75) is 12.8 Å². The molecular formula is C14H21N5. The van der Waals surface area contributed by atoms with Crippen molar-refractivity contribution in [2.75, 3.05) is 49.1 Å². The number of piperazine rings is 1. The molecule has 1 fully saturated rings. The van der Waals surface area contributed by atoms with E-state index in [-0.39, 0.29) is 0 Å². The van der Waals surface area contributed by atoms with E-state index >= 15 is 0 Å². The summed E-state index contributed by atoms with van der Waals surface area (Å²) in [6, 6.07) is 7.99. The van der Waals surface area contributed by atoms with E-state index in [9.17, 15) is 0 Å². The van der Waals surface area contributed by atoms with Crippen molar-refractivity contribution in [2.24, 2.45) is 0 Å². The van der Waals surface area contributed by atoms with Gasteiger partial charge in [0.1, 0.15) is 0 Å². The molecule has 5 heteroatoms. The van der Waals surface area contributed by atoms with Gasteiger partial charge in [-0.1, -0.05) is 6.07 Å². The summed E-state index contributed by atoms with van der Waals surface area (Å²) < 4.78 is 0. The van der Waals surface area contributed by atoms with Crippen LogP contribution in [0.1, 0.15) is 12.8 Å². The summed E-state index contributed by atoms with van der Waals surface area (Å²) in [6.07, 6.45) is 1.60. The zero-order chi connectivity index (χ0) is 13.7. The van der Waals surface area contributed by atoms with Crippen LogP contribution in [0.3, 0.4) is 0 Å². The van der Waals surface area contributed by atoms with Crippen LogP contribution >= 0.6 is 0 Å². The number of nitrogens with two attached hydrogens (primary N) is 2.